The number of nitro groups is 1. The molecule has 114 valence electrons. The lowest BCUT2D eigenvalue weighted by Gasteiger charge is -2.11. The fourth-order valence-electron chi connectivity index (χ4n) is 1.84. The van der Waals surface area contributed by atoms with Gasteiger partial charge in [0.25, 0.3) is 11.6 Å². The normalized spacial score (nSPS) is 10.0. The highest BCUT2D eigenvalue weighted by atomic mass is 16.6. The van der Waals surface area contributed by atoms with E-state index in [9.17, 15) is 14.9 Å². The number of nitrogens with two attached hydrogens (primary N) is 1. The van der Waals surface area contributed by atoms with Crippen molar-refractivity contribution in [1.82, 2.24) is 0 Å². The lowest BCUT2D eigenvalue weighted by Crippen LogP contribution is -2.20. The van der Waals surface area contributed by atoms with Gasteiger partial charge in [-0.25, -0.2) is 0 Å². The predicted octanol–water partition coefficient (Wildman–Crippen LogP) is 2.07. The minimum atomic E-state index is -0.543. The van der Waals surface area contributed by atoms with Crippen LogP contribution in [-0.2, 0) is 11.3 Å². The maximum absolute atomic E-state index is 10.8. The number of carbonyl (C=O) groups is 1. The molecule has 1 amide bonds. The van der Waals surface area contributed by atoms with E-state index in [1.165, 1.54) is 12.1 Å². The minimum Gasteiger partial charge on any atom is -0.483 e. The summed E-state index contributed by atoms with van der Waals surface area (Å²) in [6, 6.07) is 13.4. The van der Waals surface area contributed by atoms with Gasteiger partial charge in [0.05, 0.1) is 4.92 Å². The number of amides is 1. The van der Waals surface area contributed by atoms with Gasteiger partial charge < -0.3 is 15.8 Å². The Balaban J connectivity index is 2.01. The highest BCUT2D eigenvalue weighted by molar-refractivity contribution is 5.75. The summed E-state index contributed by atoms with van der Waals surface area (Å²) in [4.78, 5) is 20.9. The maximum atomic E-state index is 10.8. The van der Waals surface area contributed by atoms with Crippen LogP contribution in [-0.4, -0.2) is 17.4 Å². The van der Waals surface area contributed by atoms with Gasteiger partial charge in [0.1, 0.15) is 5.75 Å². The van der Waals surface area contributed by atoms with Gasteiger partial charge in [-0.3, -0.25) is 14.9 Å². The summed E-state index contributed by atoms with van der Waals surface area (Å²) in [5, 5.41) is 13.7. The molecule has 22 heavy (non-hydrogen) atoms. The highest BCUT2D eigenvalue weighted by Gasteiger charge is 2.06. The van der Waals surface area contributed by atoms with Gasteiger partial charge in [-0.05, 0) is 18.2 Å². The molecule has 0 fully saturated rings. The molecule has 2 aromatic rings. The van der Waals surface area contributed by atoms with E-state index in [0.717, 1.165) is 11.3 Å². The number of nitrogens with one attached hydrogen (secondary N) is 1. The first kappa shape index (κ1) is 15.3. The lowest BCUT2D eigenvalue weighted by atomic mass is 10.2. The Morgan fingerprint density at radius 1 is 1.18 bits per heavy atom. The molecule has 0 aliphatic carbocycles. The zero-order chi connectivity index (χ0) is 15.9. The minimum absolute atomic E-state index is 0.0377. The number of carbonyl (C=O) groups excluding carboxylic acids is 1. The first-order valence-corrected chi connectivity index (χ1v) is 6.53. The van der Waals surface area contributed by atoms with E-state index in [1.807, 2.05) is 12.1 Å². The summed E-state index contributed by atoms with van der Waals surface area (Å²) in [6.07, 6.45) is 0. The Morgan fingerprint density at radius 2 is 1.86 bits per heavy atom. The maximum Gasteiger partial charge on any atom is 0.269 e. The third kappa shape index (κ3) is 4.20. The molecular formula is C15H15N3O4. The smallest absolute Gasteiger partial charge is 0.269 e. The van der Waals surface area contributed by atoms with Crippen molar-refractivity contribution in [1.29, 1.82) is 0 Å². The number of hydrogen-bond acceptors (Lipinski definition) is 5. The van der Waals surface area contributed by atoms with Crippen molar-refractivity contribution in [3.8, 4) is 5.75 Å². The molecule has 0 spiro atoms. The zero-order valence-electron chi connectivity index (χ0n) is 11.7. The van der Waals surface area contributed by atoms with E-state index in [-0.39, 0.29) is 12.3 Å². The molecule has 0 heterocycles. The van der Waals surface area contributed by atoms with Crippen molar-refractivity contribution in [2.24, 2.45) is 5.73 Å². The Hall–Kier alpha value is -3.09. The Kier molecular flexibility index (Phi) is 4.92. The van der Waals surface area contributed by atoms with Crippen LogP contribution in [0.1, 0.15) is 5.56 Å². The van der Waals surface area contributed by atoms with Crippen LogP contribution < -0.4 is 15.8 Å². The topological polar surface area (TPSA) is 107 Å². The van der Waals surface area contributed by atoms with Crippen molar-refractivity contribution >= 4 is 17.3 Å². The van der Waals surface area contributed by atoms with Gasteiger partial charge in [0.15, 0.2) is 6.61 Å². The second kappa shape index (κ2) is 7.07. The summed E-state index contributed by atoms with van der Waals surface area (Å²) in [7, 11) is 0. The average molecular weight is 301 g/mol. The number of hydrogen-bond donors (Lipinski definition) is 2. The van der Waals surface area contributed by atoms with Gasteiger partial charge >= 0.3 is 0 Å². The number of benzene rings is 2. The number of para-hydroxylation sites is 1. The van der Waals surface area contributed by atoms with E-state index in [4.69, 9.17) is 10.5 Å². The van der Waals surface area contributed by atoms with Crippen LogP contribution in [0.5, 0.6) is 5.75 Å². The molecule has 3 N–H and O–H groups in total. The van der Waals surface area contributed by atoms with Crippen LogP contribution in [0.25, 0.3) is 0 Å². The van der Waals surface area contributed by atoms with Crippen LogP contribution >= 0.6 is 0 Å². The molecular weight excluding hydrogens is 286 g/mol. The van der Waals surface area contributed by atoms with E-state index in [2.05, 4.69) is 5.32 Å². The largest absolute Gasteiger partial charge is 0.483 e. The number of non-ortho nitro benzene ring substituents is 1. The van der Waals surface area contributed by atoms with E-state index in [1.54, 1.807) is 24.3 Å². The van der Waals surface area contributed by atoms with E-state index in [0.29, 0.717) is 12.3 Å². The highest BCUT2D eigenvalue weighted by Crippen LogP contribution is 2.20. The molecule has 0 aliphatic heterocycles. The van der Waals surface area contributed by atoms with Gasteiger partial charge in [-0.2, -0.15) is 0 Å². The van der Waals surface area contributed by atoms with Gasteiger partial charge in [0, 0.05) is 29.9 Å². The summed E-state index contributed by atoms with van der Waals surface area (Å²) in [6.45, 7) is 0.265. The number of ether oxygens (including phenoxy) is 1. The van der Waals surface area contributed by atoms with Crippen molar-refractivity contribution < 1.29 is 14.5 Å². The number of nitro benzene ring substituents is 1. The average Bonchev–Trinajstić information content (AvgIpc) is 2.52. The Morgan fingerprint density at radius 3 is 2.50 bits per heavy atom. The SMILES string of the molecule is NC(=O)COc1ccccc1CNc1ccc([N+](=O)[O-])cc1. The fraction of sp³-hybridized carbons (Fsp3) is 0.133. The van der Waals surface area contributed by atoms with E-state index >= 15 is 0 Å². The summed E-state index contributed by atoms with van der Waals surface area (Å²) in [5.41, 5.74) is 6.69. The number of nitrogens with zero attached hydrogens (tertiary/aromatic N) is 1. The predicted molar refractivity (Wildman–Crippen MR) is 81.6 cm³/mol. The van der Waals surface area contributed by atoms with Crippen LogP contribution in [0.3, 0.4) is 0 Å². The summed E-state index contributed by atoms with van der Waals surface area (Å²) >= 11 is 0. The molecule has 0 unspecified atom stereocenters. The number of anilines is 1. The molecule has 2 rings (SSSR count). The third-order valence-electron chi connectivity index (χ3n) is 2.90. The third-order valence-corrected chi connectivity index (χ3v) is 2.90. The van der Waals surface area contributed by atoms with Crippen molar-refractivity contribution in [2.45, 2.75) is 6.54 Å². The standard InChI is InChI=1S/C15H15N3O4/c16-15(19)10-22-14-4-2-1-3-11(14)9-17-12-5-7-13(8-6-12)18(20)21/h1-8,17H,9-10H2,(H2,16,19). The second-order valence-corrected chi connectivity index (χ2v) is 4.52. The molecule has 2 aromatic carbocycles. The first-order valence-electron chi connectivity index (χ1n) is 6.53. The number of rotatable bonds is 7. The van der Waals surface area contributed by atoms with Crippen molar-refractivity contribution in [2.75, 3.05) is 11.9 Å². The molecule has 7 nitrogen and oxygen atoms in total. The summed E-state index contributed by atoms with van der Waals surface area (Å²) in [5.74, 6) is 0.0221. The lowest BCUT2D eigenvalue weighted by molar-refractivity contribution is -0.384. The van der Waals surface area contributed by atoms with Gasteiger partial charge in [0.2, 0.25) is 0 Å². The fourth-order valence-corrected chi connectivity index (χ4v) is 1.84. The molecule has 0 saturated carbocycles. The van der Waals surface area contributed by atoms with E-state index < -0.39 is 10.8 Å². The van der Waals surface area contributed by atoms with Crippen molar-refractivity contribution in [3.63, 3.8) is 0 Å². The Labute approximate surface area is 126 Å². The molecule has 0 radical (unpaired) electrons. The van der Waals surface area contributed by atoms with Gasteiger partial charge in [-0.15, -0.1) is 0 Å². The molecule has 0 aromatic heterocycles. The molecule has 0 saturated heterocycles. The number of primary amides is 1. The molecule has 7 heteroatoms. The van der Waals surface area contributed by atoms with Crippen LogP contribution in [0.15, 0.2) is 48.5 Å². The first-order chi connectivity index (χ1) is 10.6. The zero-order valence-corrected chi connectivity index (χ0v) is 11.7. The Bertz CT molecular complexity index is 671. The molecule has 0 aliphatic rings. The quantitative estimate of drug-likeness (QED) is 0.601. The van der Waals surface area contributed by atoms with Crippen LogP contribution in [0.4, 0.5) is 11.4 Å². The molecule has 0 atom stereocenters. The van der Waals surface area contributed by atoms with Crippen LogP contribution in [0.2, 0.25) is 0 Å². The van der Waals surface area contributed by atoms with Crippen molar-refractivity contribution in [3.05, 3.63) is 64.2 Å². The monoisotopic (exact) mass is 301 g/mol. The van der Waals surface area contributed by atoms with Gasteiger partial charge in [-0.1, -0.05) is 18.2 Å². The molecule has 0 bridgehead atoms. The van der Waals surface area contributed by atoms with Crippen LogP contribution in [0, 0.1) is 10.1 Å². The summed E-state index contributed by atoms with van der Waals surface area (Å²) < 4.78 is 5.33. The second-order valence-electron chi connectivity index (χ2n) is 4.52.